The summed E-state index contributed by atoms with van der Waals surface area (Å²) in [4.78, 5) is 11.1. The van der Waals surface area contributed by atoms with Gasteiger partial charge in [0.15, 0.2) is 0 Å². The number of benzene rings is 1. The van der Waals surface area contributed by atoms with Gasteiger partial charge < -0.3 is 10.4 Å². The largest absolute Gasteiger partial charge is 0.480 e. The number of hydrogen-bond donors (Lipinski definition) is 3. The Morgan fingerprint density at radius 3 is 2.42 bits per heavy atom. The highest BCUT2D eigenvalue weighted by molar-refractivity contribution is 7.89. The van der Waals surface area contributed by atoms with Crippen LogP contribution in [-0.4, -0.2) is 25.5 Å². The Bertz CT molecular complexity index is 555. The first kappa shape index (κ1) is 15.5. The molecule has 0 fully saturated rings. The van der Waals surface area contributed by atoms with Gasteiger partial charge in [-0.15, -0.1) is 0 Å². The molecule has 0 spiro atoms. The smallest absolute Gasteiger partial charge is 0.326 e. The maximum absolute atomic E-state index is 11.4. The molecule has 0 aromatic heterocycles. The van der Waals surface area contributed by atoms with Crippen LogP contribution in [0, 0.1) is 5.92 Å². The van der Waals surface area contributed by atoms with Gasteiger partial charge in [0.1, 0.15) is 10.9 Å². The first-order valence-electron chi connectivity index (χ1n) is 5.83. The summed E-state index contributed by atoms with van der Waals surface area (Å²) in [7, 11) is -3.89. The van der Waals surface area contributed by atoms with Crippen LogP contribution in [0.2, 0.25) is 0 Å². The molecule has 106 valence electrons. The molecular formula is C12H18N2O4S. The Balaban J connectivity index is 3.07. The predicted molar refractivity (Wildman–Crippen MR) is 72.3 cm³/mol. The number of hydrogen-bond acceptors (Lipinski definition) is 4. The van der Waals surface area contributed by atoms with Crippen LogP contribution in [0.1, 0.15) is 20.3 Å². The lowest BCUT2D eigenvalue weighted by molar-refractivity contribution is -0.138. The van der Waals surface area contributed by atoms with E-state index in [1.54, 1.807) is 6.07 Å². The molecule has 1 rings (SSSR count). The maximum Gasteiger partial charge on any atom is 0.326 e. The Morgan fingerprint density at radius 2 is 1.95 bits per heavy atom. The Labute approximate surface area is 112 Å². The van der Waals surface area contributed by atoms with E-state index in [0.717, 1.165) is 0 Å². The third kappa shape index (κ3) is 4.53. The van der Waals surface area contributed by atoms with Crippen LogP contribution in [0.5, 0.6) is 0 Å². The molecule has 1 aromatic rings. The second kappa shape index (κ2) is 6.03. The number of primary sulfonamides is 1. The Morgan fingerprint density at radius 1 is 1.37 bits per heavy atom. The molecule has 0 aliphatic heterocycles. The number of nitrogens with two attached hydrogens (primary N) is 1. The minimum absolute atomic E-state index is 0.106. The zero-order chi connectivity index (χ0) is 14.6. The normalized spacial score (nSPS) is 13.3. The van der Waals surface area contributed by atoms with Gasteiger partial charge in [-0.05, 0) is 24.5 Å². The van der Waals surface area contributed by atoms with Crippen molar-refractivity contribution in [2.24, 2.45) is 11.1 Å². The molecule has 6 nitrogen and oxygen atoms in total. The third-order valence-electron chi connectivity index (χ3n) is 2.53. The van der Waals surface area contributed by atoms with E-state index in [2.05, 4.69) is 5.32 Å². The van der Waals surface area contributed by atoms with Crippen molar-refractivity contribution in [2.75, 3.05) is 5.32 Å². The van der Waals surface area contributed by atoms with Crippen LogP contribution in [-0.2, 0) is 14.8 Å². The van der Waals surface area contributed by atoms with Crippen molar-refractivity contribution < 1.29 is 18.3 Å². The summed E-state index contributed by atoms with van der Waals surface area (Å²) in [5.74, 6) is -0.867. The lowest BCUT2D eigenvalue weighted by atomic mass is 10.0. The summed E-state index contributed by atoms with van der Waals surface area (Å²) in [5, 5.41) is 17.0. The lowest BCUT2D eigenvalue weighted by Crippen LogP contribution is -2.31. The standard InChI is InChI=1S/C12H18N2O4S/c1-8(2)7-10(12(15)16)14-9-5-3-4-6-11(9)19(13,17)18/h3-6,8,10,14H,7H2,1-2H3,(H,15,16)(H2,13,17,18). The fraction of sp³-hybridized carbons (Fsp3) is 0.417. The van der Waals surface area contributed by atoms with Crippen molar-refractivity contribution in [1.29, 1.82) is 0 Å². The van der Waals surface area contributed by atoms with Gasteiger partial charge in [-0.3, -0.25) is 0 Å². The predicted octanol–water partition coefficient (Wildman–Crippen LogP) is 1.25. The molecule has 0 radical (unpaired) electrons. The van der Waals surface area contributed by atoms with Crippen molar-refractivity contribution in [3.05, 3.63) is 24.3 Å². The lowest BCUT2D eigenvalue weighted by Gasteiger charge is -2.19. The number of carboxylic acid groups (broad SMARTS) is 1. The van der Waals surface area contributed by atoms with Crippen LogP contribution >= 0.6 is 0 Å². The van der Waals surface area contributed by atoms with Crippen molar-refractivity contribution in [3.63, 3.8) is 0 Å². The second-order valence-electron chi connectivity index (χ2n) is 4.71. The van der Waals surface area contributed by atoms with Crippen LogP contribution in [0.15, 0.2) is 29.2 Å². The van der Waals surface area contributed by atoms with Gasteiger partial charge in [0.2, 0.25) is 10.0 Å². The summed E-state index contributed by atoms with van der Waals surface area (Å²) in [6, 6.07) is 5.12. The highest BCUT2D eigenvalue weighted by atomic mass is 32.2. The Kier molecular flexibility index (Phi) is 4.90. The monoisotopic (exact) mass is 286 g/mol. The van der Waals surface area contributed by atoms with E-state index in [0.29, 0.717) is 6.42 Å². The molecule has 0 heterocycles. The van der Waals surface area contributed by atoms with E-state index in [4.69, 9.17) is 10.2 Å². The van der Waals surface area contributed by atoms with Crippen LogP contribution in [0.25, 0.3) is 0 Å². The molecule has 1 atom stereocenters. The van der Waals surface area contributed by atoms with Gasteiger partial charge in [-0.1, -0.05) is 26.0 Å². The fourth-order valence-electron chi connectivity index (χ4n) is 1.71. The number of para-hydroxylation sites is 1. The van der Waals surface area contributed by atoms with Crippen molar-refractivity contribution in [1.82, 2.24) is 0 Å². The number of anilines is 1. The number of carboxylic acids is 1. The fourth-order valence-corrected chi connectivity index (χ4v) is 2.42. The number of sulfonamides is 1. The Hall–Kier alpha value is -1.60. The summed E-state index contributed by atoms with van der Waals surface area (Å²) in [6.07, 6.45) is 0.383. The van der Waals surface area contributed by atoms with Gasteiger partial charge in [0.05, 0.1) is 5.69 Å². The average Bonchev–Trinajstić information content (AvgIpc) is 2.26. The zero-order valence-electron chi connectivity index (χ0n) is 10.8. The van der Waals surface area contributed by atoms with Gasteiger partial charge in [0.25, 0.3) is 0 Å². The molecule has 7 heteroatoms. The third-order valence-corrected chi connectivity index (χ3v) is 3.50. The molecule has 0 amide bonds. The van der Waals surface area contributed by atoms with Crippen LogP contribution in [0.3, 0.4) is 0 Å². The molecule has 1 unspecified atom stereocenters. The maximum atomic E-state index is 11.4. The highest BCUT2D eigenvalue weighted by Crippen LogP contribution is 2.21. The van der Waals surface area contributed by atoms with E-state index in [-0.39, 0.29) is 16.5 Å². The highest BCUT2D eigenvalue weighted by Gasteiger charge is 2.21. The van der Waals surface area contributed by atoms with Crippen molar-refractivity contribution >= 4 is 21.7 Å². The number of nitrogens with one attached hydrogen (secondary N) is 1. The zero-order valence-corrected chi connectivity index (χ0v) is 11.6. The van der Waals surface area contributed by atoms with Gasteiger partial charge in [-0.25, -0.2) is 18.4 Å². The van der Waals surface area contributed by atoms with E-state index < -0.39 is 22.0 Å². The molecule has 0 aliphatic carbocycles. The van der Waals surface area contributed by atoms with Crippen molar-refractivity contribution in [2.45, 2.75) is 31.2 Å². The van der Waals surface area contributed by atoms with Crippen LogP contribution < -0.4 is 10.5 Å². The van der Waals surface area contributed by atoms with E-state index >= 15 is 0 Å². The van der Waals surface area contributed by atoms with E-state index in [9.17, 15) is 13.2 Å². The summed E-state index contributed by atoms with van der Waals surface area (Å²) >= 11 is 0. The van der Waals surface area contributed by atoms with Gasteiger partial charge in [0, 0.05) is 0 Å². The minimum Gasteiger partial charge on any atom is -0.480 e. The number of aliphatic carboxylic acids is 1. The first-order chi connectivity index (χ1) is 8.71. The van der Waals surface area contributed by atoms with Crippen LogP contribution in [0.4, 0.5) is 5.69 Å². The molecule has 0 aliphatic rings. The average molecular weight is 286 g/mol. The first-order valence-corrected chi connectivity index (χ1v) is 7.37. The quantitative estimate of drug-likeness (QED) is 0.729. The minimum atomic E-state index is -3.89. The number of rotatable bonds is 6. The molecule has 0 bridgehead atoms. The van der Waals surface area contributed by atoms with Crippen molar-refractivity contribution in [3.8, 4) is 0 Å². The molecule has 0 saturated heterocycles. The topological polar surface area (TPSA) is 109 Å². The molecule has 1 aromatic carbocycles. The second-order valence-corrected chi connectivity index (χ2v) is 6.24. The van der Waals surface area contributed by atoms with E-state index in [1.807, 2.05) is 13.8 Å². The summed E-state index contributed by atoms with van der Waals surface area (Å²) < 4.78 is 22.8. The molecule has 19 heavy (non-hydrogen) atoms. The van der Waals surface area contributed by atoms with Gasteiger partial charge in [-0.2, -0.15) is 0 Å². The van der Waals surface area contributed by atoms with Gasteiger partial charge >= 0.3 is 5.97 Å². The summed E-state index contributed by atoms with van der Waals surface area (Å²) in [6.45, 7) is 3.78. The number of carbonyl (C=O) groups is 1. The summed E-state index contributed by atoms with van der Waals surface area (Å²) in [5.41, 5.74) is 0.207. The van der Waals surface area contributed by atoms with E-state index in [1.165, 1.54) is 18.2 Å². The molecule has 4 N–H and O–H groups in total. The SMILES string of the molecule is CC(C)CC(Nc1ccccc1S(N)(=O)=O)C(=O)O. The molecule has 0 saturated carbocycles. The molecular weight excluding hydrogens is 268 g/mol.